The Hall–Kier alpha value is -1.75. The normalized spacial score (nSPS) is 17.1. The zero-order valence-electron chi connectivity index (χ0n) is 15.8. The first kappa shape index (κ1) is 19.6. The van der Waals surface area contributed by atoms with Crippen LogP contribution in [0, 0.1) is 5.92 Å². The summed E-state index contributed by atoms with van der Waals surface area (Å²) in [6.07, 6.45) is 3.73. The van der Waals surface area contributed by atoms with Crippen molar-refractivity contribution in [2.24, 2.45) is 5.92 Å². The summed E-state index contributed by atoms with van der Waals surface area (Å²) >= 11 is 0. The van der Waals surface area contributed by atoms with Crippen LogP contribution in [-0.4, -0.2) is 50.2 Å². The van der Waals surface area contributed by atoms with Crippen molar-refractivity contribution in [3.63, 3.8) is 0 Å². The van der Waals surface area contributed by atoms with Gasteiger partial charge in [-0.05, 0) is 63.4 Å². The maximum Gasteiger partial charge on any atom is 0.261 e. The number of likely N-dealkylation sites (tertiary alicyclic amines) is 1. The van der Waals surface area contributed by atoms with E-state index >= 15 is 0 Å². The van der Waals surface area contributed by atoms with E-state index in [1.807, 2.05) is 25.1 Å². The van der Waals surface area contributed by atoms with Crippen LogP contribution < -0.4 is 14.8 Å². The summed E-state index contributed by atoms with van der Waals surface area (Å²) in [5, 5.41) is 3.01. The van der Waals surface area contributed by atoms with Crippen molar-refractivity contribution in [2.45, 2.75) is 45.6 Å². The number of methoxy groups -OCH3 is 1. The molecule has 0 bridgehead atoms. The predicted molar refractivity (Wildman–Crippen MR) is 100 cm³/mol. The maximum absolute atomic E-state index is 12.3. The Labute approximate surface area is 151 Å². The van der Waals surface area contributed by atoms with Gasteiger partial charge in [0.1, 0.15) is 11.5 Å². The van der Waals surface area contributed by atoms with Crippen molar-refractivity contribution < 1.29 is 14.3 Å². The molecule has 25 heavy (non-hydrogen) atoms. The van der Waals surface area contributed by atoms with E-state index in [-0.39, 0.29) is 5.91 Å². The number of carbonyl (C=O) groups is 1. The Morgan fingerprint density at radius 1 is 1.32 bits per heavy atom. The molecule has 0 unspecified atom stereocenters. The lowest BCUT2D eigenvalue weighted by atomic mass is 9.99. The van der Waals surface area contributed by atoms with Gasteiger partial charge in [-0.25, -0.2) is 0 Å². The van der Waals surface area contributed by atoms with Crippen LogP contribution in [0.3, 0.4) is 0 Å². The van der Waals surface area contributed by atoms with Gasteiger partial charge < -0.3 is 19.7 Å². The third-order valence-corrected chi connectivity index (χ3v) is 4.81. The van der Waals surface area contributed by atoms with Gasteiger partial charge in [0.05, 0.1) is 7.11 Å². The first-order valence-corrected chi connectivity index (χ1v) is 9.43. The van der Waals surface area contributed by atoms with Gasteiger partial charge in [-0.2, -0.15) is 0 Å². The van der Waals surface area contributed by atoms with Gasteiger partial charge in [-0.1, -0.05) is 19.9 Å². The zero-order valence-corrected chi connectivity index (χ0v) is 15.8. The second-order valence-corrected chi connectivity index (χ2v) is 6.86. The van der Waals surface area contributed by atoms with E-state index in [0.717, 1.165) is 24.6 Å². The molecule has 1 aromatic rings. The SMILES string of the molecule is CC[C@@H](Oc1cccc(OC)c1)C(=O)NCCCN1CCC(C)CC1. The fourth-order valence-electron chi connectivity index (χ4n) is 3.07. The highest BCUT2D eigenvalue weighted by atomic mass is 16.5. The average Bonchev–Trinajstić information content (AvgIpc) is 2.64. The molecule has 1 aromatic carbocycles. The molecule has 1 aliphatic heterocycles. The monoisotopic (exact) mass is 348 g/mol. The minimum absolute atomic E-state index is 0.0439. The van der Waals surface area contributed by atoms with Crippen LogP contribution in [0.5, 0.6) is 11.5 Å². The number of amides is 1. The molecule has 1 amide bonds. The molecule has 0 aromatic heterocycles. The van der Waals surface area contributed by atoms with Crippen molar-refractivity contribution in [2.75, 3.05) is 33.3 Å². The third kappa shape index (κ3) is 6.58. The highest BCUT2D eigenvalue weighted by molar-refractivity contribution is 5.81. The molecule has 5 heteroatoms. The molecule has 0 radical (unpaired) electrons. The molecule has 140 valence electrons. The zero-order chi connectivity index (χ0) is 18.1. The molecule has 1 fully saturated rings. The summed E-state index contributed by atoms with van der Waals surface area (Å²) in [6.45, 7) is 8.41. The minimum Gasteiger partial charge on any atom is -0.497 e. The molecule has 1 atom stereocenters. The second kappa shape index (κ2) is 10.3. The Kier molecular flexibility index (Phi) is 8.06. The number of hydrogen-bond donors (Lipinski definition) is 1. The number of ether oxygens (including phenoxy) is 2. The van der Waals surface area contributed by atoms with Gasteiger partial charge in [0.25, 0.3) is 5.91 Å². The van der Waals surface area contributed by atoms with E-state index in [1.54, 1.807) is 13.2 Å². The van der Waals surface area contributed by atoms with Crippen LogP contribution in [0.1, 0.15) is 39.5 Å². The molecule has 1 aliphatic rings. The molecule has 0 spiro atoms. The van der Waals surface area contributed by atoms with Crippen LogP contribution >= 0.6 is 0 Å². The second-order valence-electron chi connectivity index (χ2n) is 6.86. The van der Waals surface area contributed by atoms with Crippen molar-refractivity contribution in [3.8, 4) is 11.5 Å². The largest absolute Gasteiger partial charge is 0.497 e. The third-order valence-electron chi connectivity index (χ3n) is 4.81. The smallest absolute Gasteiger partial charge is 0.261 e. The Balaban J connectivity index is 1.70. The fraction of sp³-hybridized carbons (Fsp3) is 0.650. The topological polar surface area (TPSA) is 50.8 Å². The molecule has 2 rings (SSSR count). The van der Waals surface area contributed by atoms with Crippen molar-refractivity contribution in [1.29, 1.82) is 0 Å². The Morgan fingerprint density at radius 2 is 2.04 bits per heavy atom. The average molecular weight is 348 g/mol. The number of piperidine rings is 1. The number of rotatable bonds is 9. The predicted octanol–water partition coefficient (Wildman–Crippen LogP) is 3.09. The Bertz CT molecular complexity index is 527. The van der Waals surface area contributed by atoms with Gasteiger partial charge in [-0.3, -0.25) is 4.79 Å². The quantitative estimate of drug-likeness (QED) is 0.697. The van der Waals surface area contributed by atoms with Gasteiger partial charge >= 0.3 is 0 Å². The molecule has 1 N–H and O–H groups in total. The Morgan fingerprint density at radius 3 is 2.72 bits per heavy atom. The molecular weight excluding hydrogens is 316 g/mol. The maximum atomic E-state index is 12.3. The molecule has 0 aliphatic carbocycles. The lowest BCUT2D eigenvalue weighted by molar-refractivity contribution is -0.128. The lowest BCUT2D eigenvalue weighted by Crippen LogP contribution is -2.40. The van der Waals surface area contributed by atoms with E-state index in [4.69, 9.17) is 9.47 Å². The van der Waals surface area contributed by atoms with Gasteiger partial charge in [0.2, 0.25) is 0 Å². The summed E-state index contributed by atoms with van der Waals surface area (Å²) in [6, 6.07) is 7.36. The molecule has 1 heterocycles. The first-order chi connectivity index (χ1) is 12.1. The van der Waals surface area contributed by atoms with Crippen LogP contribution in [0.2, 0.25) is 0 Å². The van der Waals surface area contributed by atoms with Crippen LogP contribution in [-0.2, 0) is 4.79 Å². The highest BCUT2D eigenvalue weighted by Gasteiger charge is 2.19. The standard InChI is InChI=1S/C20H32N2O3/c1-4-19(25-18-8-5-7-17(15-18)24-3)20(23)21-11-6-12-22-13-9-16(2)10-14-22/h5,7-8,15-16,19H,4,6,9-14H2,1-3H3,(H,21,23)/t19-/m1/s1. The van der Waals surface area contributed by atoms with E-state index in [2.05, 4.69) is 17.1 Å². The van der Waals surface area contributed by atoms with E-state index in [1.165, 1.54) is 25.9 Å². The van der Waals surface area contributed by atoms with Gasteiger partial charge in [0, 0.05) is 12.6 Å². The van der Waals surface area contributed by atoms with E-state index < -0.39 is 6.10 Å². The number of nitrogens with zero attached hydrogens (tertiary/aromatic N) is 1. The van der Waals surface area contributed by atoms with Crippen molar-refractivity contribution in [3.05, 3.63) is 24.3 Å². The van der Waals surface area contributed by atoms with Crippen molar-refractivity contribution >= 4 is 5.91 Å². The van der Waals surface area contributed by atoms with Crippen LogP contribution in [0.4, 0.5) is 0 Å². The summed E-state index contributed by atoms with van der Waals surface area (Å²) in [5.74, 6) is 2.19. The van der Waals surface area contributed by atoms with Crippen LogP contribution in [0.15, 0.2) is 24.3 Å². The molecule has 5 nitrogen and oxygen atoms in total. The summed E-state index contributed by atoms with van der Waals surface area (Å²) < 4.78 is 11.0. The lowest BCUT2D eigenvalue weighted by Gasteiger charge is -2.30. The van der Waals surface area contributed by atoms with E-state index in [0.29, 0.717) is 18.7 Å². The molecule has 1 saturated heterocycles. The number of carbonyl (C=O) groups excluding carboxylic acids is 1. The fourth-order valence-corrected chi connectivity index (χ4v) is 3.07. The summed E-state index contributed by atoms with van der Waals surface area (Å²) in [7, 11) is 1.62. The number of benzene rings is 1. The molecular formula is C20H32N2O3. The van der Waals surface area contributed by atoms with Gasteiger partial charge in [0.15, 0.2) is 6.10 Å². The van der Waals surface area contributed by atoms with Crippen molar-refractivity contribution in [1.82, 2.24) is 10.2 Å². The number of hydrogen-bond acceptors (Lipinski definition) is 4. The number of nitrogens with one attached hydrogen (secondary N) is 1. The summed E-state index contributed by atoms with van der Waals surface area (Å²) in [5.41, 5.74) is 0. The highest BCUT2D eigenvalue weighted by Crippen LogP contribution is 2.20. The first-order valence-electron chi connectivity index (χ1n) is 9.43. The minimum atomic E-state index is -0.469. The molecule has 0 saturated carbocycles. The van der Waals surface area contributed by atoms with E-state index in [9.17, 15) is 4.79 Å². The van der Waals surface area contributed by atoms with Gasteiger partial charge in [-0.15, -0.1) is 0 Å². The summed E-state index contributed by atoms with van der Waals surface area (Å²) in [4.78, 5) is 14.8. The van der Waals surface area contributed by atoms with Crippen LogP contribution in [0.25, 0.3) is 0 Å².